The molecule has 0 spiro atoms. The maximum Gasteiger partial charge on any atom is 0.416 e. The van der Waals surface area contributed by atoms with Crippen LogP contribution in [0.5, 0.6) is 5.75 Å². The molecule has 1 fully saturated rings. The molecule has 1 aliphatic heterocycles. The van der Waals surface area contributed by atoms with Gasteiger partial charge in [-0.3, -0.25) is 4.98 Å². The van der Waals surface area contributed by atoms with E-state index in [1.807, 2.05) is 24.0 Å². The highest BCUT2D eigenvalue weighted by Crippen LogP contribution is 2.31. The van der Waals surface area contributed by atoms with Crippen molar-refractivity contribution in [1.29, 1.82) is 0 Å². The number of rotatable bonds is 4. The zero-order valence-electron chi connectivity index (χ0n) is 14.0. The van der Waals surface area contributed by atoms with E-state index in [9.17, 15) is 13.2 Å². The Morgan fingerprint density at radius 1 is 1.12 bits per heavy atom. The number of aromatic nitrogens is 2. The van der Waals surface area contributed by atoms with Gasteiger partial charge in [0.05, 0.1) is 12.2 Å². The lowest BCUT2D eigenvalue weighted by Gasteiger charge is -2.32. The van der Waals surface area contributed by atoms with Gasteiger partial charge in [0, 0.05) is 37.2 Å². The van der Waals surface area contributed by atoms with Crippen LogP contribution in [0.1, 0.15) is 24.1 Å². The fraction of sp³-hybridized carbons (Fsp3) is 0.444. The topological polar surface area (TPSA) is 38.2 Å². The Kier molecular flexibility index (Phi) is 5.11. The molecule has 7 heteroatoms. The van der Waals surface area contributed by atoms with Gasteiger partial charge >= 0.3 is 6.18 Å². The van der Waals surface area contributed by atoms with E-state index in [0.29, 0.717) is 31.4 Å². The zero-order valence-corrected chi connectivity index (χ0v) is 14.0. The quantitative estimate of drug-likeness (QED) is 0.831. The number of hydrogen-bond donors (Lipinski definition) is 0. The molecule has 25 heavy (non-hydrogen) atoms. The second kappa shape index (κ2) is 7.29. The van der Waals surface area contributed by atoms with Gasteiger partial charge in [-0.15, -0.1) is 0 Å². The largest absolute Gasteiger partial charge is 0.493 e. The highest BCUT2D eigenvalue weighted by atomic mass is 19.4. The summed E-state index contributed by atoms with van der Waals surface area (Å²) in [4.78, 5) is 10.1. The minimum absolute atomic E-state index is 0.385. The van der Waals surface area contributed by atoms with Crippen molar-refractivity contribution in [1.82, 2.24) is 9.97 Å². The second-order valence-corrected chi connectivity index (χ2v) is 6.27. The highest BCUT2D eigenvalue weighted by Gasteiger charge is 2.31. The molecule has 0 unspecified atom stereocenters. The summed E-state index contributed by atoms with van der Waals surface area (Å²) < 4.78 is 44.3. The summed E-state index contributed by atoms with van der Waals surface area (Å²) in [5.41, 5.74) is 0.249. The number of anilines is 1. The maximum atomic E-state index is 12.8. The Morgan fingerprint density at radius 3 is 2.52 bits per heavy atom. The fourth-order valence-corrected chi connectivity index (χ4v) is 2.92. The van der Waals surface area contributed by atoms with Crippen molar-refractivity contribution in [3.8, 4) is 5.75 Å². The molecule has 2 aromatic heterocycles. The predicted octanol–water partition coefficient (Wildman–Crippen LogP) is 4.10. The first kappa shape index (κ1) is 17.5. The van der Waals surface area contributed by atoms with Gasteiger partial charge in [0.15, 0.2) is 0 Å². The van der Waals surface area contributed by atoms with Crippen LogP contribution in [-0.4, -0.2) is 29.7 Å². The second-order valence-electron chi connectivity index (χ2n) is 6.27. The van der Waals surface area contributed by atoms with Gasteiger partial charge in [-0.1, -0.05) is 0 Å². The SMILES string of the molecule is Cc1cc(OCC2CCN(c3cc(C(F)(F)F)ccn3)CC2)ccn1. The van der Waals surface area contributed by atoms with Crippen molar-refractivity contribution in [2.75, 3.05) is 24.6 Å². The molecule has 1 saturated heterocycles. The lowest BCUT2D eigenvalue weighted by atomic mass is 9.97. The number of aryl methyl sites for hydroxylation is 1. The molecule has 0 amide bonds. The average molecular weight is 351 g/mol. The molecule has 0 bridgehead atoms. The molecule has 0 N–H and O–H groups in total. The van der Waals surface area contributed by atoms with Crippen molar-refractivity contribution in [2.45, 2.75) is 25.9 Å². The Labute approximate surface area is 144 Å². The molecule has 4 nitrogen and oxygen atoms in total. The van der Waals surface area contributed by atoms with Crippen LogP contribution in [0.25, 0.3) is 0 Å². The van der Waals surface area contributed by atoms with Crippen LogP contribution < -0.4 is 9.64 Å². The van der Waals surface area contributed by atoms with Crippen LogP contribution in [-0.2, 0) is 6.18 Å². The Bertz CT molecular complexity index is 713. The first-order valence-corrected chi connectivity index (χ1v) is 8.25. The molecule has 134 valence electrons. The molecular formula is C18H20F3N3O. The van der Waals surface area contributed by atoms with Gasteiger partial charge < -0.3 is 9.64 Å². The summed E-state index contributed by atoms with van der Waals surface area (Å²) in [6.45, 7) is 3.87. The third-order valence-electron chi connectivity index (χ3n) is 4.37. The van der Waals surface area contributed by atoms with Gasteiger partial charge in [0.1, 0.15) is 11.6 Å². The number of alkyl halides is 3. The van der Waals surface area contributed by atoms with Crippen molar-refractivity contribution >= 4 is 5.82 Å². The van der Waals surface area contributed by atoms with Crippen LogP contribution in [0, 0.1) is 12.8 Å². The number of ether oxygens (including phenoxy) is 1. The summed E-state index contributed by atoms with van der Waals surface area (Å²) in [7, 11) is 0. The van der Waals surface area contributed by atoms with Crippen molar-refractivity contribution in [2.24, 2.45) is 5.92 Å². The van der Waals surface area contributed by atoms with Crippen LogP contribution >= 0.6 is 0 Å². The maximum absolute atomic E-state index is 12.8. The average Bonchev–Trinajstić information content (AvgIpc) is 2.60. The molecule has 0 radical (unpaired) electrons. The Balaban J connectivity index is 1.53. The van der Waals surface area contributed by atoms with E-state index in [2.05, 4.69) is 9.97 Å². The minimum Gasteiger partial charge on any atom is -0.493 e. The molecule has 1 aliphatic rings. The first-order chi connectivity index (χ1) is 11.9. The van der Waals surface area contributed by atoms with E-state index >= 15 is 0 Å². The van der Waals surface area contributed by atoms with Gasteiger partial charge in [-0.2, -0.15) is 13.2 Å². The third kappa shape index (κ3) is 4.61. The Morgan fingerprint density at radius 2 is 1.84 bits per heavy atom. The summed E-state index contributed by atoms with van der Waals surface area (Å²) >= 11 is 0. The summed E-state index contributed by atoms with van der Waals surface area (Å²) in [6, 6.07) is 5.84. The van der Waals surface area contributed by atoms with E-state index in [0.717, 1.165) is 36.4 Å². The predicted molar refractivity (Wildman–Crippen MR) is 88.6 cm³/mol. The zero-order chi connectivity index (χ0) is 17.9. The molecule has 2 aromatic rings. The van der Waals surface area contributed by atoms with Crippen molar-refractivity contribution in [3.05, 3.63) is 47.9 Å². The summed E-state index contributed by atoms with van der Waals surface area (Å²) in [5.74, 6) is 1.57. The molecular weight excluding hydrogens is 331 g/mol. The lowest BCUT2D eigenvalue weighted by molar-refractivity contribution is -0.137. The molecule has 3 rings (SSSR count). The molecule has 0 aliphatic carbocycles. The van der Waals surface area contributed by atoms with E-state index < -0.39 is 11.7 Å². The Hall–Kier alpha value is -2.31. The number of pyridine rings is 2. The fourth-order valence-electron chi connectivity index (χ4n) is 2.92. The summed E-state index contributed by atoms with van der Waals surface area (Å²) in [5, 5.41) is 0. The van der Waals surface area contributed by atoms with E-state index in [-0.39, 0.29) is 0 Å². The molecule has 0 aromatic carbocycles. The van der Waals surface area contributed by atoms with Crippen LogP contribution in [0.2, 0.25) is 0 Å². The number of hydrogen-bond acceptors (Lipinski definition) is 4. The van der Waals surface area contributed by atoms with E-state index in [1.54, 1.807) is 6.20 Å². The van der Waals surface area contributed by atoms with Crippen molar-refractivity contribution < 1.29 is 17.9 Å². The van der Waals surface area contributed by atoms with Crippen LogP contribution in [0.15, 0.2) is 36.7 Å². The highest BCUT2D eigenvalue weighted by molar-refractivity contribution is 5.42. The van der Waals surface area contributed by atoms with Gasteiger partial charge in [-0.25, -0.2) is 4.98 Å². The summed E-state index contributed by atoms with van der Waals surface area (Å²) in [6.07, 6.45) is 0.322. The van der Waals surface area contributed by atoms with Gasteiger partial charge in [-0.05, 0) is 43.9 Å². The van der Waals surface area contributed by atoms with Gasteiger partial charge in [0.25, 0.3) is 0 Å². The lowest BCUT2D eigenvalue weighted by Crippen LogP contribution is -2.36. The monoisotopic (exact) mass is 351 g/mol. The molecule has 0 atom stereocenters. The third-order valence-corrected chi connectivity index (χ3v) is 4.37. The van der Waals surface area contributed by atoms with Gasteiger partial charge in [0.2, 0.25) is 0 Å². The van der Waals surface area contributed by atoms with E-state index in [4.69, 9.17) is 4.74 Å². The number of nitrogens with zero attached hydrogens (tertiary/aromatic N) is 3. The van der Waals surface area contributed by atoms with Crippen LogP contribution in [0.3, 0.4) is 0 Å². The number of piperidine rings is 1. The minimum atomic E-state index is -4.34. The van der Waals surface area contributed by atoms with Crippen LogP contribution in [0.4, 0.5) is 19.0 Å². The standard InChI is InChI=1S/C18H20F3N3O/c1-13-10-16(3-7-22-13)25-12-14-4-8-24(9-5-14)17-11-15(2-6-23-17)18(19,20)21/h2-3,6-7,10-11,14H,4-5,8-9,12H2,1H3. The van der Waals surface area contributed by atoms with E-state index in [1.165, 1.54) is 6.20 Å². The smallest absolute Gasteiger partial charge is 0.416 e. The molecule has 0 saturated carbocycles. The number of halogens is 3. The molecule has 3 heterocycles. The normalized spacial score (nSPS) is 16.1. The first-order valence-electron chi connectivity index (χ1n) is 8.25. The van der Waals surface area contributed by atoms with Crippen molar-refractivity contribution in [3.63, 3.8) is 0 Å².